The van der Waals surface area contributed by atoms with Crippen LogP contribution in [0.2, 0.25) is 0 Å². The first kappa shape index (κ1) is 20.4. The fraction of sp³-hybridized carbons (Fsp3) is 0.667. The molecule has 0 aromatic heterocycles. The Bertz CT molecular complexity index is 140. The van der Waals surface area contributed by atoms with Crippen molar-refractivity contribution in [2.45, 2.75) is 12.8 Å². The summed E-state index contributed by atoms with van der Waals surface area (Å²) in [6.07, 6.45) is -0.0601. The van der Waals surface area contributed by atoms with Crippen LogP contribution in [0.5, 0.6) is 0 Å². The van der Waals surface area contributed by atoms with Crippen LogP contribution in [0.4, 0.5) is 0 Å². The molecule has 0 aromatic carbocycles. The quantitative estimate of drug-likeness (QED) is 0.339. The van der Waals surface area contributed by atoms with Gasteiger partial charge in [0.2, 0.25) is 0 Å². The standard InChI is InChI=1S/C6H10O4S.K.Na/c7-5(8)1-3-11-4-2-6(9)10;;/h1-4H2,(H,7,8)(H,9,10);;/q;2*+1/p-2. The zero-order chi connectivity index (χ0) is 8.69. The van der Waals surface area contributed by atoms with Crippen molar-refractivity contribution in [3.8, 4) is 0 Å². The fourth-order valence-corrected chi connectivity index (χ4v) is 1.24. The third-order valence-corrected chi connectivity index (χ3v) is 1.89. The molecule has 0 saturated carbocycles. The summed E-state index contributed by atoms with van der Waals surface area (Å²) >= 11 is 1.27. The van der Waals surface area contributed by atoms with Crippen molar-refractivity contribution in [2.24, 2.45) is 0 Å². The van der Waals surface area contributed by atoms with Crippen LogP contribution in [0, 0.1) is 0 Å². The number of rotatable bonds is 6. The third kappa shape index (κ3) is 20.1. The van der Waals surface area contributed by atoms with E-state index in [4.69, 9.17) is 0 Å². The number of carbonyl (C=O) groups excluding carboxylic acids is 2. The van der Waals surface area contributed by atoms with Crippen molar-refractivity contribution in [3.63, 3.8) is 0 Å². The summed E-state index contributed by atoms with van der Waals surface area (Å²) in [5.41, 5.74) is 0. The number of carbonyl (C=O) groups is 2. The number of carboxylic acid groups (broad SMARTS) is 2. The largest absolute Gasteiger partial charge is 1.00 e. The SMILES string of the molecule is O=C([O-])CCSCCC(=O)[O-].[K+].[Na+]. The van der Waals surface area contributed by atoms with E-state index in [-0.39, 0.29) is 93.8 Å². The van der Waals surface area contributed by atoms with E-state index in [0.29, 0.717) is 11.5 Å². The minimum Gasteiger partial charge on any atom is -0.550 e. The summed E-state index contributed by atoms with van der Waals surface area (Å²) in [4.78, 5) is 19.7. The van der Waals surface area contributed by atoms with E-state index in [9.17, 15) is 19.8 Å². The molecule has 0 saturated heterocycles. The molecule has 13 heavy (non-hydrogen) atoms. The normalized spacial score (nSPS) is 8.00. The Kier molecular flexibility index (Phi) is 21.8. The summed E-state index contributed by atoms with van der Waals surface area (Å²) in [5, 5.41) is 19.7. The second kappa shape index (κ2) is 13.9. The summed E-state index contributed by atoms with van der Waals surface area (Å²) in [6.45, 7) is 0. The second-order valence-corrected chi connectivity index (χ2v) is 3.08. The molecule has 0 atom stereocenters. The number of aliphatic carboxylic acids is 2. The Hall–Kier alpha value is 1.93. The zero-order valence-corrected chi connectivity index (χ0v) is 13.8. The van der Waals surface area contributed by atoms with Gasteiger partial charge in [0, 0.05) is 11.9 Å². The van der Waals surface area contributed by atoms with Gasteiger partial charge in [-0.1, -0.05) is 0 Å². The molecular formula is C6H8KNaO4S. The summed E-state index contributed by atoms with van der Waals surface area (Å²) in [6, 6.07) is 0. The number of thioether (sulfide) groups is 1. The maximum Gasteiger partial charge on any atom is 1.00 e. The molecule has 0 aliphatic rings. The molecule has 0 radical (unpaired) electrons. The Morgan fingerprint density at radius 1 is 1.00 bits per heavy atom. The molecule has 0 aliphatic heterocycles. The van der Waals surface area contributed by atoms with Gasteiger partial charge in [-0.25, -0.2) is 0 Å². The zero-order valence-electron chi connectivity index (χ0n) is 7.87. The van der Waals surface area contributed by atoms with Gasteiger partial charge in [0.1, 0.15) is 0 Å². The van der Waals surface area contributed by atoms with Crippen LogP contribution in [0.3, 0.4) is 0 Å². The van der Waals surface area contributed by atoms with Gasteiger partial charge >= 0.3 is 80.9 Å². The molecule has 0 spiro atoms. The molecular weight excluding hydrogens is 230 g/mol. The molecule has 0 fully saturated rings. The van der Waals surface area contributed by atoms with Crippen molar-refractivity contribution < 1.29 is 101 Å². The van der Waals surface area contributed by atoms with E-state index >= 15 is 0 Å². The first-order chi connectivity index (χ1) is 5.13. The number of hydrogen-bond donors (Lipinski definition) is 0. The molecule has 0 amide bonds. The predicted molar refractivity (Wildman–Crippen MR) is 36.6 cm³/mol. The van der Waals surface area contributed by atoms with Crippen molar-refractivity contribution >= 4 is 23.7 Å². The van der Waals surface area contributed by atoms with Crippen LogP contribution >= 0.6 is 11.8 Å². The minimum absolute atomic E-state index is 0. The van der Waals surface area contributed by atoms with Crippen LogP contribution < -0.4 is 91.2 Å². The van der Waals surface area contributed by atoms with Crippen LogP contribution in [0.25, 0.3) is 0 Å². The monoisotopic (exact) mass is 238 g/mol. The maximum atomic E-state index is 9.84. The Balaban J connectivity index is -0.000000500. The van der Waals surface area contributed by atoms with Crippen LogP contribution in [0.1, 0.15) is 12.8 Å². The molecule has 0 unspecified atom stereocenters. The molecule has 4 nitrogen and oxygen atoms in total. The van der Waals surface area contributed by atoms with E-state index in [1.807, 2.05) is 0 Å². The predicted octanol–water partition coefficient (Wildman–Crippen LogP) is -7.99. The van der Waals surface area contributed by atoms with Gasteiger partial charge in [0.15, 0.2) is 0 Å². The van der Waals surface area contributed by atoms with Crippen molar-refractivity contribution in [1.82, 2.24) is 0 Å². The average molecular weight is 238 g/mol. The first-order valence-corrected chi connectivity index (χ1v) is 4.26. The van der Waals surface area contributed by atoms with Crippen LogP contribution in [-0.2, 0) is 9.59 Å². The summed E-state index contributed by atoms with van der Waals surface area (Å²) < 4.78 is 0. The van der Waals surface area contributed by atoms with Gasteiger partial charge in [-0.2, -0.15) is 11.8 Å². The topological polar surface area (TPSA) is 80.3 Å². The Morgan fingerprint density at radius 3 is 1.54 bits per heavy atom. The van der Waals surface area contributed by atoms with E-state index < -0.39 is 11.9 Å². The van der Waals surface area contributed by atoms with Gasteiger partial charge in [0.25, 0.3) is 0 Å². The van der Waals surface area contributed by atoms with E-state index in [1.165, 1.54) is 11.8 Å². The molecule has 64 valence electrons. The Morgan fingerprint density at radius 2 is 1.31 bits per heavy atom. The van der Waals surface area contributed by atoms with E-state index in [0.717, 1.165) is 0 Å². The Labute approximate surface area is 146 Å². The van der Waals surface area contributed by atoms with E-state index in [2.05, 4.69) is 0 Å². The molecule has 0 aromatic rings. The molecule has 0 heterocycles. The average Bonchev–Trinajstić information content (AvgIpc) is 1.85. The third-order valence-electron chi connectivity index (χ3n) is 0.901. The summed E-state index contributed by atoms with van der Waals surface area (Å²) in [5.74, 6) is -1.41. The van der Waals surface area contributed by atoms with Gasteiger partial charge in [0.05, 0.1) is 0 Å². The van der Waals surface area contributed by atoms with Gasteiger partial charge in [-0.15, -0.1) is 0 Å². The van der Waals surface area contributed by atoms with E-state index in [1.54, 1.807) is 0 Å². The molecule has 0 N–H and O–H groups in total. The molecule has 0 bridgehead atoms. The smallest absolute Gasteiger partial charge is 0.550 e. The second-order valence-electron chi connectivity index (χ2n) is 1.86. The number of carboxylic acids is 2. The van der Waals surface area contributed by atoms with Crippen LogP contribution in [0.15, 0.2) is 0 Å². The first-order valence-electron chi connectivity index (χ1n) is 3.10. The number of hydrogen-bond acceptors (Lipinski definition) is 5. The van der Waals surface area contributed by atoms with Gasteiger partial charge in [-0.05, 0) is 24.3 Å². The van der Waals surface area contributed by atoms with Crippen molar-refractivity contribution in [3.05, 3.63) is 0 Å². The van der Waals surface area contributed by atoms with Crippen molar-refractivity contribution in [2.75, 3.05) is 11.5 Å². The molecule has 7 heteroatoms. The van der Waals surface area contributed by atoms with Gasteiger partial charge in [-0.3, -0.25) is 0 Å². The maximum absolute atomic E-state index is 9.84. The van der Waals surface area contributed by atoms with Gasteiger partial charge < -0.3 is 19.8 Å². The molecule has 0 aliphatic carbocycles. The fourth-order valence-electron chi connectivity index (χ4n) is 0.413. The minimum atomic E-state index is -1.11. The van der Waals surface area contributed by atoms with Crippen molar-refractivity contribution in [1.29, 1.82) is 0 Å². The van der Waals surface area contributed by atoms with Crippen LogP contribution in [-0.4, -0.2) is 23.4 Å². The molecule has 0 rings (SSSR count). The summed E-state index contributed by atoms with van der Waals surface area (Å²) in [7, 11) is 0.